The molecule has 0 radical (unpaired) electrons. The Morgan fingerprint density at radius 3 is 3.10 bits per heavy atom. The van der Waals surface area contributed by atoms with E-state index in [0.717, 1.165) is 30.7 Å². The first-order valence-electron chi connectivity index (χ1n) is 6.83. The Balaban J connectivity index is 1.93. The minimum atomic E-state index is -0.0862. The molecule has 1 atom stereocenters. The fraction of sp³-hybridized carbons (Fsp3) is 0.500. The summed E-state index contributed by atoms with van der Waals surface area (Å²) in [6.07, 6.45) is 0.119. The van der Waals surface area contributed by atoms with E-state index in [4.69, 9.17) is 10.5 Å². The van der Waals surface area contributed by atoms with Crippen LogP contribution in [0, 0.1) is 0 Å². The summed E-state index contributed by atoms with van der Waals surface area (Å²) in [4.78, 5) is 6.69. The molecule has 1 unspecified atom stereocenters. The molecule has 0 spiro atoms. The van der Waals surface area contributed by atoms with Gasteiger partial charge in [0.15, 0.2) is 0 Å². The zero-order valence-electron chi connectivity index (χ0n) is 11.6. The maximum Gasteiger partial charge on any atom is 0.135 e. The first kappa shape index (κ1) is 13.4. The number of aliphatic hydroxyl groups excluding tert-OH is 1. The molecule has 1 saturated heterocycles. The largest absolute Gasteiger partial charge is 0.399 e. The predicted octanol–water partition coefficient (Wildman–Crippen LogP) is 0.441. The number of imidazole rings is 1. The highest BCUT2D eigenvalue weighted by Crippen LogP contribution is 2.20. The number of nitrogens with zero attached hydrogens (tertiary/aromatic N) is 3. The molecule has 1 aliphatic rings. The SMILES string of the molecule is CN1CCOC(Cn2c(CO)nc3cc(N)ccc32)C1. The standard InChI is InChI=1S/C14H20N4O2/c1-17-4-5-20-11(7-17)8-18-13-3-2-10(15)6-12(13)16-14(18)9-19/h2-3,6,11,19H,4-5,7-9,15H2,1H3. The number of likely N-dealkylation sites (N-methyl/N-ethyl adjacent to an activating group) is 1. The molecule has 1 aromatic heterocycles. The topological polar surface area (TPSA) is 76.5 Å². The maximum absolute atomic E-state index is 9.50. The van der Waals surface area contributed by atoms with Gasteiger partial charge in [0.05, 0.1) is 30.3 Å². The van der Waals surface area contributed by atoms with Crippen LogP contribution in [0.25, 0.3) is 11.0 Å². The Morgan fingerprint density at radius 2 is 2.35 bits per heavy atom. The van der Waals surface area contributed by atoms with E-state index in [1.54, 1.807) is 0 Å². The molecule has 2 aromatic rings. The Hall–Kier alpha value is -1.63. The number of rotatable bonds is 3. The lowest BCUT2D eigenvalue weighted by molar-refractivity contribution is -0.0276. The van der Waals surface area contributed by atoms with Crippen molar-refractivity contribution in [2.24, 2.45) is 0 Å². The summed E-state index contributed by atoms with van der Waals surface area (Å²) in [5.74, 6) is 0.655. The zero-order chi connectivity index (χ0) is 14.1. The molecule has 1 aromatic carbocycles. The zero-order valence-corrected chi connectivity index (χ0v) is 11.6. The van der Waals surface area contributed by atoms with Crippen LogP contribution in [0.3, 0.4) is 0 Å². The first-order chi connectivity index (χ1) is 9.67. The Labute approximate surface area is 117 Å². The smallest absolute Gasteiger partial charge is 0.135 e. The van der Waals surface area contributed by atoms with Crippen LogP contribution < -0.4 is 5.73 Å². The van der Waals surface area contributed by atoms with E-state index in [9.17, 15) is 5.11 Å². The Kier molecular flexibility index (Phi) is 3.60. The Bertz CT molecular complexity index is 610. The van der Waals surface area contributed by atoms with Crippen LogP contribution in [0.4, 0.5) is 5.69 Å². The average Bonchev–Trinajstić information content (AvgIpc) is 2.76. The molecule has 6 nitrogen and oxygen atoms in total. The lowest BCUT2D eigenvalue weighted by Crippen LogP contribution is -2.42. The number of benzene rings is 1. The molecule has 3 N–H and O–H groups in total. The summed E-state index contributed by atoms with van der Waals surface area (Å²) < 4.78 is 7.82. The maximum atomic E-state index is 9.50. The molecule has 3 rings (SSSR count). The molecular formula is C14H20N4O2. The second-order valence-corrected chi connectivity index (χ2v) is 5.30. The number of nitrogens with two attached hydrogens (primary N) is 1. The molecule has 1 fully saturated rings. The van der Waals surface area contributed by atoms with E-state index >= 15 is 0 Å². The predicted molar refractivity (Wildman–Crippen MR) is 77.3 cm³/mol. The second-order valence-electron chi connectivity index (χ2n) is 5.30. The van der Waals surface area contributed by atoms with Gasteiger partial charge in [-0.05, 0) is 25.2 Å². The van der Waals surface area contributed by atoms with Gasteiger partial charge in [-0.2, -0.15) is 0 Å². The van der Waals surface area contributed by atoms with Gasteiger partial charge < -0.3 is 25.0 Å². The molecule has 6 heteroatoms. The van der Waals surface area contributed by atoms with E-state index in [0.29, 0.717) is 18.1 Å². The van der Waals surface area contributed by atoms with Crippen molar-refractivity contribution in [2.45, 2.75) is 19.3 Å². The molecule has 0 saturated carbocycles. The Morgan fingerprint density at radius 1 is 1.50 bits per heavy atom. The minimum Gasteiger partial charge on any atom is -0.399 e. The number of anilines is 1. The van der Waals surface area contributed by atoms with Crippen molar-refractivity contribution in [1.82, 2.24) is 14.5 Å². The molecule has 108 valence electrons. The van der Waals surface area contributed by atoms with Gasteiger partial charge in [-0.15, -0.1) is 0 Å². The third-order valence-corrected chi connectivity index (χ3v) is 3.72. The van der Waals surface area contributed by atoms with Crippen LogP contribution in [-0.2, 0) is 17.9 Å². The fourth-order valence-corrected chi connectivity index (χ4v) is 2.70. The van der Waals surface area contributed by atoms with E-state index in [2.05, 4.69) is 16.9 Å². The van der Waals surface area contributed by atoms with E-state index in [-0.39, 0.29) is 12.7 Å². The summed E-state index contributed by atoms with van der Waals surface area (Å²) in [7, 11) is 2.09. The van der Waals surface area contributed by atoms with Crippen molar-refractivity contribution in [3.05, 3.63) is 24.0 Å². The van der Waals surface area contributed by atoms with Crippen LogP contribution in [0.1, 0.15) is 5.82 Å². The lowest BCUT2D eigenvalue weighted by Gasteiger charge is -2.30. The van der Waals surface area contributed by atoms with Crippen molar-refractivity contribution in [3.63, 3.8) is 0 Å². The number of aliphatic hydroxyl groups is 1. The number of nitrogen functional groups attached to an aromatic ring is 1. The normalized spacial score (nSPS) is 20.6. The third kappa shape index (κ3) is 2.49. The van der Waals surface area contributed by atoms with E-state index in [1.807, 2.05) is 22.8 Å². The summed E-state index contributed by atoms with van der Waals surface area (Å²) in [5, 5.41) is 9.50. The summed E-state index contributed by atoms with van der Waals surface area (Å²) in [6, 6.07) is 5.64. The molecule has 1 aliphatic heterocycles. The van der Waals surface area contributed by atoms with Crippen LogP contribution in [0.15, 0.2) is 18.2 Å². The number of hydrogen-bond acceptors (Lipinski definition) is 5. The first-order valence-corrected chi connectivity index (χ1v) is 6.83. The highest BCUT2D eigenvalue weighted by atomic mass is 16.5. The molecule has 0 aliphatic carbocycles. The van der Waals surface area contributed by atoms with Crippen molar-refractivity contribution in [2.75, 3.05) is 32.5 Å². The van der Waals surface area contributed by atoms with Crippen molar-refractivity contribution < 1.29 is 9.84 Å². The highest BCUT2D eigenvalue weighted by molar-refractivity contribution is 5.79. The van der Waals surface area contributed by atoms with Crippen LogP contribution in [-0.4, -0.2) is 52.4 Å². The van der Waals surface area contributed by atoms with E-state index in [1.165, 1.54) is 0 Å². The number of fused-ring (bicyclic) bond motifs is 1. The number of morpholine rings is 1. The van der Waals surface area contributed by atoms with Gasteiger partial charge in [-0.1, -0.05) is 0 Å². The molecule has 2 heterocycles. The third-order valence-electron chi connectivity index (χ3n) is 3.72. The minimum absolute atomic E-state index is 0.0862. The van der Waals surface area contributed by atoms with Crippen molar-refractivity contribution in [1.29, 1.82) is 0 Å². The summed E-state index contributed by atoms with van der Waals surface area (Å²) in [5.41, 5.74) is 8.27. The molecule has 0 bridgehead atoms. The summed E-state index contributed by atoms with van der Waals surface area (Å²) in [6.45, 7) is 3.21. The van der Waals surface area contributed by atoms with Gasteiger partial charge in [0, 0.05) is 18.8 Å². The monoisotopic (exact) mass is 276 g/mol. The highest BCUT2D eigenvalue weighted by Gasteiger charge is 2.20. The quantitative estimate of drug-likeness (QED) is 0.796. The number of hydrogen-bond donors (Lipinski definition) is 2. The van der Waals surface area contributed by atoms with Gasteiger partial charge in [0.2, 0.25) is 0 Å². The molecular weight excluding hydrogens is 256 g/mol. The lowest BCUT2D eigenvalue weighted by atomic mass is 10.2. The second kappa shape index (κ2) is 5.40. The van der Waals surface area contributed by atoms with Gasteiger partial charge >= 0.3 is 0 Å². The number of ether oxygens (including phenoxy) is 1. The fourth-order valence-electron chi connectivity index (χ4n) is 2.70. The van der Waals surface area contributed by atoms with Crippen LogP contribution in [0.2, 0.25) is 0 Å². The van der Waals surface area contributed by atoms with Gasteiger partial charge in [0.25, 0.3) is 0 Å². The molecule has 20 heavy (non-hydrogen) atoms. The van der Waals surface area contributed by atoms with Crippen molar-refractivity contribution in [3.8, 4) is 0 Å². The number of aromatic nitrogens is 2. The average molecular weight is 276 g/mol. The summed E-state index contributed by atoms with van der Waals surface area (Å²) >= 11 is 0. The van der Waals surface area contributed by atoms with Gasteiger partial charge in [-0.25, -0.2) is 4.98 Å². The molecule has 0 amide bonds. The van der Waals surface area contributed by atoms with E-state index < -0.39 is 0 Å². The van der Waals surface area contributed by atoms with Gasteiger partial charge in [-0.3, -0.25) is 0 Å². The van der Waals surface area contributed by atoms with Crippen molar-refractivity contribution >= 4 is 16.7 Å². The van der Waals surface area contributed by atoms with Crippen LogP contribution in [0.5, 0.6) is 0 Å². The van der Waals surface area contributed by atoms with Gasteiger partial charge in [0.1, 0.15) is 12.4 Å². The van der Waals surface area contributed by atoms with Crippen LogP contribution >= 0.6 is 0 Å².